The summed E-state index contributed by atoms with van der Waals surface area (Å²) >= 11 is 0. The van der Waals surface area contributed by atoms with Gasteiger partial charge in [0.25, 0.3) is 0 Å². The maximum absolute atomic E-state index is 10.4. The smallest absolute Gasteiger partial charge is 0.329 e. The minimum Gasteiger partial charge on any atom is -0.367 e. The van der Waals surface area contributed by atoms with E-state index in [2.05, 4.69) is 15.3 Å². The number of hydrogen-bond acceptors (Lipinski definition) is 5. The second-order valence-electron chi connectivity index (χ2n) is 2.16. The first-order chi connectivity index (χ1) is 5.65. The van der Waals surface area contributed by atoms with Gasteiger partial charge in [0.15, 0.2) is 0 Å². The zero-order valence-corrected chi connectivity index (χ0v) is 6.74. The number of aryl methyl sites for hydroxylation is 1. The lowest BCUT2D eigenvalue weighted by molar-refractivity contribution is -0.384. The van der Waals surface area contributed by atoms with E-state index in [1.165, 1.54) is 6.20 Å². The van der Waals surface area contributed by atoms with Crippen LogP contribution in [0, 0.1) is 17.0 Å². The summed E-state index contributed by atoms with van der Waals surface area (Å²) in [5, 5.41) is 13.0. The fourth-order valence-corrected chi connectivity index (χ4v) is 0.781. The highest BCUT2D eigenvalue weighted by atomic mass is 16.6. The average molecular weight is 168 g/mol. The Morgan fingerprint density at radius 2 is 2.33 bits per heavy atom. The SMILES string of the molecule is CNc1nc(C)ncc1[N+](=O)[O-]. The fraction of sp³-hybridized carbons (Fsp3) is 0.333. The van der Waals surface area contributed by atoms with Crippen LogP contribution in [0.1, 0.15) is 5.82 Å². The van der Waals surface area contributed by atoms with Gasteiger partial charge in [-0.3, -0.25) is 10.1 Å². The Labute approximate surface area is 68.8 Å². The highest BCUT2D eigenvalue weighted by molar-refractivity contribution is 5.53. The van der Waals surface area contributed by atoms with Crippen molar-refractivity contribution in [2.75, 3.05) is 12.4 Å². The molecule has 0 unspecified atom stereocenters. The van der Waals surface area contributed by atoms with Crippen molar-refractivity contribution in [2.24, 2.45) is 0 Å². The van der Waals surface area contributed by atoms with Crippen molar-refractivity contribution in [1.29, 1.82) is 0 Å². The van der Waals surface area contributed by atoms with Crippen LogP contribution in [-0.4, -0.2) is 21.9 Å². The third kappa shape index (κ3) is 1.47. The quantitative estimate of drug-likeness (QED) is 0.520. The molecule has 6 heteroatoms. The van der Waals surface area contributed by atoms with Crippen LogP contribution in [0.15, 0.2) is 6.20 Å². The summed E-state index contributed by atoms with van der Waals surface area (Å²) in [5.74, 6) is 0.748. The first-order valence-electron chi connectivity index (χ1n) is 3.31. The normalized spacial score (nSPS) is 9.50. The Morgan fingerprint density at radius 3 is 2.83 bits per heavy atom. The second kappa shape index (κ2) is 3.12. The summed E-state index contributed by atoms with van der Waals surface area (Å²) in [6.07, 6.45) is 1.19. The van der Waals surface area contributed by atoms with Crippen molar-refractivity contribution in [3.8, 4) is 0 Å². The van der Waals surface area contributed by atoms with Gasteiger partial charge in [-0.05, 0) is 6.92 Å². The third-order valence-electron chi connectivity index (χ3n) is 1.32. The summed E-state index contributed by atoms with van der Waals surface area (Å²) in [5.41, 5.74) is -0.108. The van der Waals surface area contributed by atoms with E-state index in [1.807, 2.05) is 0 Å². The molecule has 1 rings (SSSR count). The molecule has 0 atom stereocenters. The van der Waals surface area contributed by atoms with E-state index in [-0.39, 0.29) is 11.5 Å². The van der Waals surface area contributed by atoms with E-state index in [9.17, 15) is 10.1 Å². The average Bonchev–Trinajstić information content (AvgIpc) is 2.03. The molecule has 64 valence electrons. The molecule has 6 nitrogen and oxygen atoms in total. The summed E-state index contributed by atoms with van der Waals surface area (Å²) in [7, 11) is 1.58. The molecule has 0 saturated heterocycles. The molecule has 12 heavy (non-hydrogen) atoms. The van der Waals surface area contributed by atoms with E-state index in [4.69, 9.17) is 0 Å². The third-order valence-corrected chi connectivity index (χ3v) is 1.32. The largest absolute Gasteiger partial charge is 0.367 e. The minimum absolute atomic E-state index is 0.108. The van der Waals surface area contributed by atoms with Gasteiger partial charge in [0.1, 0.15) is 12.0 Å². The molecular weight excluding hydrogens is 160 g/mol. The van der Waals surface area contributed by atoms with E-state index >= 15 is 0 Å². The fourth-order valence-electron chi connectivity index (χ4n) is 0.781. The summed E-state index contributed by atoms with van der Waals surface area (Å²) < 4.78 is 0. The number of aromatic nitrogens is 2. The molecule has 0 fully saturated rings. The molecule has 0 bridgehead atoms. The maximum atomic E-state index is 10.4. The second-order valence-corrected chi connectivity index (χ2v) is 2.16. The molecule has 0 amide bonds. The zero-order chi connectivity index (χ0) is 9.14. The standard InChI is InChI=1S/C6H8N4O2/c1-4-8-3-5(10(11)12)6(7-2)9-4/h3H,1-2H3,(H,7,8,9). The van der Waals surface area contributed by atoms with Crippen LogP contribution < -0.4 is 5.32 Å². The molecule has 0 spiro atoms. The number of nitrogens with zero attached hydrogens (tertiary/aromatic N) is 3. The van der Waals surface area contributed by atoms with Crippen LogP contribution in [0.25, 0.3) is 0 Å². The van der Waals surface area contributed by atoms with Gasteiger partial charge >= 0.3 is 5.69 Å². The van der Waals surface area contributed by atoms with Gasteiger partial charge in [-0.2, -0.15) is 0 Å². The van der Waals surface area contributed by atoms with E-state index < -0.39 is 4.92 Å². The first kappa shape index (κ1) is 8.38. The van der Waals surface area contributed by atoms with Crippen LogP contribution in [0.2, 0.25) is 0 Å². The van der Waals surface area contributed by atoms with Crippen LogP contribution in [0.5, 0.6) is 0 Å². The molecule has 0 aliphatic heterocycles. The Kier molecular flexibility index (Phi) is 2.18. The van der Waals surface area contributed by atoms with Gasteiger partial charge in [0, 0.05) is 7.05 Å². The van der Waals surface area contributed by atoms with Crippen molar-refractivity contribution in [1.82, 2.24) is 9.97 Å². The predicted molar refractivity (Wildman–Crippen MR) is 43.0 cm³/mol. The van der Waals surface area contributed by atoms with Gasteiger partial charge in [-0.25, -0.2) is 9.97 Å². The molecule has 1 aromatic rings. The number of nitrogens with one attached hydrogen (secondary N) is 1. The van der Waals surface area contributed by atoms with Crippen molar-refractivity contribution in [3.05, 3.63) is 22.1 Å². The molecular formula is C6H8N4O2. The molecule has 1 aromatic heterocycles. The summed E-state index contributed by atoms with van der Waals surface area (Å²) in [6.45, 7) is 1.67. The number of nitro groups is 1. The number of hydrogen-bond donors (Lipinski definition) is 1. The topological polar surface area (TPSA) is 81.0 Å². The lowest BCUT2D eigenvalue weighted by Crippen LogP contribution is -2.01. The first-order valence-corrected chi connectivity index (χ1v) is 3.31. The highest BCUT2D eigenvalue weighted by Crippen LogP contribution is 2.18. The summed E-state index contributed by atoms with van der Waals surface area (Å²) in [4.78, 5) is 17.4. The van der Waals surface area contributed by atoms with Gasteiger partial charge < -0.3 is 5.32 Å². The Bertz CT molecular complexity index is 312. The van der Waals surface area contributed by atoms with Crippen molar-refractivity contribution >= 4 is 11.5 Å². The van der Waals surface area contributed by atoms with E-state index in [1.54, 1.807) is 14.0 Å². The van der Waals surface area contributed by atoms with Gasteiger partial charge in [-0.15, -0.1) is 0 Å². The van der Waals surface area contributed by atoms with Crippen LogP contribution in [-0.2, 0) is 0 Å². The maximum Gasteiger partial charge on any atom is 0.329 e. The van der Waals surface area contributed by atoms with Crippen molar-refractivity contribution in [3.63, 3.8) is 0 Å². The van der Waals surface area contributed by atoms with Crippen molar-refractivity contribution < 1.29 is 4.92 Å². The molecule has 0 saturated carbocycles. The van der Waals surface area contributed by atoms with Gasteiger partial charge in [0.05, 0.1) is 4.92 Å². The Hall–Kier alpha value is -1.72. The predicted octanol–water partition coefficient (Wildman–Crippen LogP) is 0.735. The summed E-state index contributed by atoms with van der Waals surface area (Å²) in [6, 6.07) is 0. The van der Waals surface area contributed by atoms with Gasteiger partial charge in [0.2, 0.25) is 5.82 Å². The van der Waals surface area contributed by atoms with E-state index in [0.717, 1.165) is 0 Å². The van der Waals surface area contributed by atoms with Crippen LogP contribution in [0.3, 0.4) is 0 Å². The monoisotopic (exact) mass is 168 g/mol. The number of anilines is 1. The van der Waals surface area contributed by atoms with Crippen LogP contribution in [0.4, 0.5) is 11.5 Å². The van der Waals surface area contributed by atoms with Crippen LogP contribution >= 0.6 is 0 Å². The zero-order valence-electron chi connectivity index (χ0n) is 6.74. The van der Waals surface area contributed by atoms with E-state index in [0.29, 0.717) is 5.82 Å². The van der Waals surface area contributed by atoms with Crippen molar-refractivity contribution in [2.45, 2.75) is 6.92 Å². The Balaban J connectivity index is 3.20. The highest BCUT2D eigenvalue weighted by Gasteiger charge is 2.13. The van der Waals surface area contributed by atoms with Gasteiger partial charge in [-0.1, -0.05) is 0 Å². The molecule has 1 heterocycles. The molecule has 0 aliphatic carbocycles. The molecule has 0 aliphatic rings. The molecule has 0 radical (unpaired) electrons. The number of rotatable bonds is 2. The molecule has 1 N–H and O–H groups in total. The lowest BCUT2D eigenvalue weighted by Gasteiger charge is -1.99. The lowest BCUT2D eigenvalue weighted by atomic mass is 10.4. The molecule has 0 aromatic carbocycles. The minimum atomic E-state index is -0.523. The Morgan fingerprint density at radius 1 is 1.67 bits per heavy atom.